The molecule has 4 nitrogen and oxygen atoms in total. The quantitative estimate of drug-likeness (QED) is 0.799. The number of methoxy groups -OCH3 is 1. The van der Waals surface area contributed by atoms with Gasteiger partial charge in [-0.3, -0.25) is 4.79 Å². The Morgan fingerprint density at radius 2 is 2.24 bits per heavy atom. The summed E-state index contributed by atoms with van der Waals surface area (Å²) in [5.74, 6) is 0.398. The average Bonchev–Trinajstić information content (AvgIpc) is 2.37. The summed E-state index contributed by atoms with van der Waals surface area (Å²) >= 11 is 0. The van der Waals surface area contributed by atoms with Crippen LogP contribution >= 0.6 is 0 Å². The molecule has 0 aromatic heterocycles. The molecule has 0 bridgehead atoms. The van der Waals surface area contributed by atoms with E-state index in [1.54, 1.807) is 14.2 Å². The highest BCUT2D eigenvalue weighted by Gasteiger charge is 2.15. The van der Waals surface area contributed by atoms with Gasteiger partial charge >= 0.3 is 0 Å². The third-order valence-electron chi connectivity index (χ3n) is 2.62. The Bertz CT molecular complexity index is 449. The van der Waals surface area contributed by atoms with Crippen molar-refractivity contribution in [1.82, 2.24) is 0 Å². The number of nitriles is 1. The lowest BCUT2D eigenvalue weighted by Crippen LogP contribution is -2.26. The van der Waals surface area contributed by atoms with Crippen molar-refractivity contribution in [2.45, 2.75) is 19.8 Å². The zero-order valence-corrected chi connectivity index (χ0v) is 10.4. The van der Waals surface area contributed by atoms with Gasteiger partial charge in [0.1, 0.15) is 12.2 Å². The number of ether oxygens (including phenoxy) is 1. The normalized spacial score (nSPS) is 9.53. The molecule has 0 spiro atoms. The fourth-order valence-corrected chi connectivity index (χ4v) is 1.54. The molecular weight excluding hydrogens is 216 g/mol. The molecule has 4 heteroatoms. The van der Waals surface area contributed by atoms with Gasteiger partial charge in [-0.15, -0.1) is 0 Å². The van der Waals surface area contributed by atoms with Crippen LogP contribution in [-0.2, 0) is 11.2 Å². The van der Waals surface area contributed by atoms with Crippen molar-refractivity contribution in [2.24, 2.45) is 0 Å². The maximum Gasteiger partial charge on any atom is 0.241 e. The van der Waals surface area contributed by atoms with Crippen molar-refractivity contribution >= 4 is 11.6 Å². The van der Waals surface area contributed by atoms with E-state index >= 15 is 0 Å². The van der Waals surface area contributed by atoms with Crippen molar-refractivity contribution in [3.63, 3.8) is 0 Å². The van der Waals surface area contributed by atoms with E-state index in [0.29, 0.717) is 11.4 Å². The third kappa shape index (κ3) is 2.97. The topological polar surface area (TPSA) is 53.3 Å². The Balaban J connectivity index is 3.09. The number of hydrogen-bond donors (Lipinski definition) is 0. The van der Waals surface area contributed by atoms with Crippen LogP contribution in [-0.4, -0.2) is 20.1 Å². The fraction of sp³-hybridized carbons (Fsp3) is 0.385. The van der Waals surface area contributed by atoms with Gasteiger partial charge in [0.15, 0.2) is 0 Å². The van der Waals surface area contributed by atoms with E-state index in [4.69, 9.17) is 10.00 Å². The van der Waals surface area contributed by atoms with Gasteiger partial charge < -0.3 is 9.64 Å². The molecule has 1 aromatic rings. The van der Waals surface area contributed by atoms with E-state index in [1.165, 1.54) is 4.90 Å². The molecule has 0 aliphatic rings. The standard InChI is InChI=1S/C13H16N2O2/c1-4-10-5-6-12(17-3)11(9-10)15(2)13(16)7-8-14/h5-6,9H,4,7H2,1-3H3. The van der Waals surface area contributed by atoms with E-state index in [9.17, 15) is 4.79 Å². The molecule has 17 heavy (non-hydrogen) atoms. The Morgan fingerprint density at radius 3 is 2.76 bits per heavy atom. The molecule has 0 fully saturated rings. The summed E-state index contributed by atoms with van der Waals surface area (Å²) in [6, 6.07) is 7.56. The minimum Gasteiger partial charge on any atom is -0.495 e. The molecule has 0 atom stereocenters. The third-order valence-corrected chi connectivity index (χ3v) is 2.62. The molecule has 1 amide bonds. The fourth-order valence-electron chi connectivity index (χ4n) is 1.54. The van der Waals surface area contributed by atoms with Gasteiger partial charge in [-0.1, -0.05) is 13.0 Å². The molecule has 0 aliphatic carbocycles. The summed E-state index contributed by atoms with van der Waals surface area (Å²) in [5, 5.41) is 8.53. The second kappa shape index (κ2) is 5.90. The highest BCUT2D eigenvalue weighted by atomic mass is 16.5. The number of carbonyl (C=O) groups is 1. The van der Waals surface area contributed by atoms with Gasteiger partial charge in [0, 0.05) is 7.05 Å². The first kappa shape index (κ1) is 13.0. The SMILES string of the molecule is CCc1ccc(OC)c(N(C)C(=O)CC#N)c1. The zero-order chi connectivity index (χ0) is 12.8. The van der Waals surface area contributed by atoms with Gasteiger partial charge in [0.2, 0.25) is 5.91 Å². The highest BCUT2D eigenvalue weighted by molar-refractivity contribution is 5.95. The summed E-state index contributed by atoms with van der Waals surface area (Å²) in [7, 11) is 3.21. The van der Waals surface area contributed by atoms with Crippen LogP contribution in [0.2, 0.25) is 0 Å². The van der Waals surface area contributed by atoms with Crippen LogP contribution in [0.4, 0.5) is 5.69 Å². The molecular formula is C13H16N2O2. The van der Waals surface area contributed by atoms with Gasteiger partial charge in [0.25, 0.3) is 0 Å². The highest BCUT2D eigenvalue weighted by Crippen LogP contribution is 2.29. The molecule has 0 N–H and O–H groups in total. The molecule has 0 heterocycles. The van der Waals surface area contributed by atoms with Gasteiger partial charge in [0.05, 0.1) is 18.9 Å². The summed E-state index contributed by atoms with van der Waals surface area (Å²) in [6.07, 6.45) is 0.757. The number of hydrogen-bond acceptors (Lipinski definition) is 3. The van der Waals surface area contributed by atoms with Crippen LogP contribution in [0.5, 0.6) is 5.75 Å². The van der Waals surface area contributed by atoms with E-state index in [0.717, 1.165) is 12.0 Å². The molecule has 1 rings (SSSR count). The van der Waals surface area contributed by atoms with Crippen molar-refractivity contribution in [3.05, 3.63) is 23.8 Å². The Labute approximate surface area is 101 Å². The first-order valence-electron chi connectivity index (χ1n) is 5.44. The molecule has 0 saturated heterocycles. The largest absolute Gasteiger partial charge is 0.495 e. The maximum absolute atomic E-state index is 11.7. The van der Waals surface area contributed by atoms with E-state index in [1.807, 2.05) is 31.2 Å². The van der Waals surface area contributed by atoms with Crippen molar-refractivity contribution < 1.29 is 9.53 Å². The molecule has 0 radical (unpaired) electrons. The lowest BCUT2D eigenvalue weighted by Gasteiger charge is -2.19. The Morgan fingerprint density at radius 1 is 1.53 bits per heavy atom. The van der Waals surface area contributed by atoms with Crippen molar-refractivity contribution in [2.75, 3.05) is 19.1 Å². The predicted molar refractivity (Wildman–Crippen MR) is 66.0 cm³/mol. The maximum atomic E-state index is 11.7. The Hall–Kier alpha value is -2.02. The summed E-state index contributed by atoms with van der Waals surface area (Å²) < 4.78 is 5.22. The molecule has 1 aromatic carbocycles. The monoisotopic (exact) mass is 232 g/mol. The number of benzene rings is 1. The van der Waals surface area contributed by atoms with Gasteiger partial charge in [-0.05, 0) is 24.1 Å². The summed E-state index contributed by atoms with van der Waals surface area (Å²) in [6.45, 7) is 2.04. The van der Waals surface area contributed by atoms with Crippen LogP contribution in [0.15, 0.2) is 18.2 Å². The first-order chi connectivity index (χ1) is 8.13. The van der Waals surface area contributed by atoms with E-state index in [2.05, 4.69) is 0 Å². The number of amides is 1. The second-order valence-corrected chi connectivity index (χ2v) is 3.65. The lowest BCUT2D eigenvalue weighted by atomic mass is 10.1. The minimum atomic E-state index is -0.237. The van der Waals surface area contributed by atoms with Gasteiger partial charge in [-0.2, -0.15) is 5.26 Å². The summed E-state index contributed by atoms with van der Waals surface area (Å²) in [5.41, 5.74) is 1.82. The minimum absolute atomic E-state index is 0.129. The average molecular weight is 232 g/mol. The van der Waals surface area contributed by atoms with Crippen molar-refractivity contribution in [3.8, 4) is 11.8 Å². The summed E-state index contributed by atoms with van der Waals surface area (Å²) in [4.78, 5) is 13.1. The number of carbonyl (C=O) groups excluding carboxylic acids is 1. The van der Waals surface area contributed by atoms with Crippen LogP contribution in [0.1, 0.15) is 18.9 Å². The predicted octanol–water partition coefficient (Wildman–Crippen LogP) is 2.13. The molecule has 90 valence electrons. The molecule has 0 unspecified atom stereocenters. The molecule has 0 aliphatic heterocycles. The van der Waals surface area contributed by atoms with Gasteiger partial charge in [-0.25, -0.2) is 0 Å². The second-order valence-electron chi connectivity index (χ2n) is 3.65. The number of nitrogens with zero attached hydrogens (tertiary/aromatic N) is 2. The van der Waals surface area contributed by atoms with Crippen LogP contribution in [0.25, 0.3) is 0 Å². The van der Waals surface area contributed by atoms with Crippen molar-refractivity contribution in [1.29, 1.82) is 5.26 Å². The van der Waals surface area contributed by atoms with E-state index < -0.39 is 0 Å². The number of rotatable bonds is 4. The van der Waals surface area contributed by atoms with E-state index in [-0.39, 0.29) is 12.3 Å². The van der Waals surface area contributed by atoms with Crippen LogP contribution in [0, 0.1) is 11.3 Å². The Kier molecular flexibility index (Phi) is 4.53. The van der Waals surface area contributed by atoms with Crippen LogP contribution < -0.4 is 9.64 Å². The first-order valence-corrected chi connectivity index (χ1v) is 5.44. The lowest BCUT2D eigenvalue weighted by molar-refractivity contribution is -0.117. The molecule has 0 saturated carbocycles. The number of aryl methyl sites for hydroxylation is 1. The smallest absolute Gasteiger partial charge is 0.241 e. The zero-order valence-electron chi connectivity index (χ0n) is 10.4. The van der Waals surface area contributed by atoms with Crippen LogP contribution in [0.3, 0.4) is 0 Å². The number of anilines is 1.